The summed E-state index contributed by atoms with van der Waals surface area (Å²) in [7, 11) is 0. The number of rotatable bonds is 6. The molecule has 0 bridgehead atoms. The second-order valence-corrected chi connectivity index (χ2v) is 5.77. The zero-order chi connectivity index (χ0) is 15.2. The van der Waals surface area contributed by atoms with Gasteiger partial charge in [0.1, 0.15) is 5.75 Å². The highest BCUT2D eigenvalue weighted by Crippen LogP contribution is 2.28. The van der Waals surface area contributed by atoms with Gasteiger partial charge in [0.25, 0.3) is 0 Å². The minimum atomic E-state index is -0.498. The van der Waals surface area contributed by atoms with E-state index in [4.69, 9.17) is 4.74 Å². The Kier molecular flexibility index (Phi) is 5.62. The molecule has 0 aliphatic heterocycles. The molecular formula is C17H25NO3. The number of amides is 1. The number of aryl methyl sites for hydroxylation is 1. The number of unbranched alkanes of at least 4 members (excludes halogenated alkanes) is 1. The maximum Gasteiger partial charge on any atom is 0.230 e. The predicted molar refractivity (Wildman–Crippen MR) is 83.6 cm³/mol. The van der Waals surface area contributed by atoms with Crippen molar-refractivity contribution in [3.63, 3.8) is 0 Å². The number of hydrogen-bond donors (Lipinski definition) is 2. The summed E-state index contributed by atoms with van der Waals surface area (Å²) in [5.74, 6) is 0.479. The minimum Gasteiger partial charge on any atom is -0.494 e. The third-order valence-electron chi connectivity index (χ3n) is 4.04. The molecular weight excluding hydrogens is 266 g/mol. The molecule has 1 amide bonds. The lowest BCUT2D eigenvalue weighted by molar-refractivity contribution is -0.122. The molecule has 2 rings (SSSR count). The van der Waals surface area contributed by atoms with Crippen LogP contribution in [0, 0.1) is 12.8 Å². The molecule has 1 saturated carbocycles. The van der Waals surface area contributed by atoms with Gasteiger partial charge in [0, 0.05) is 5.69 Å². The molecule has 4 nitrogen and oxygen atoms in total. The van der Waals surface area contributed by atoms with Crippen LogP contribution in [0.2, 0.25) is 0 Å². The SMILES string of the molecule is CCCCOc1ccc(NC(=O)C2CCCC2O)c(C)c1. The topological polar surface area (TPSA) is 58.6 Å². The molecule has 0 spiro atoms. The third kappa shape index (κ3) is 4.21. The molecule has 0 radical (unpaired) electrons. The highest BCUT2D eigenvalue weighted by atomic mass is 16.5. The van der Waals surface area contributed by atoms with Crippen molar-refractivity contribution in [2.45, 2.75) is 52.1 Å². The van der Waals surface area contributed by atoms with Crippen LogP contribution >= 0.6 is 0 Å². The Labute approximate surface area is 126 Å². The van der Waals surface area contributed by atoms with Gasteiger partial charge in [-0.05, 0) is 56.4 Å². The summed E-state index contributed by atoms with van der Waals surface area (Å²) in [6, 6.07) is 5.69. The first-order valence-corrected chi connectivity index (χ1v) is 7.84. The second-order valence-electron chi connectivity index (χ2n) is 5.77. The maximum absolute atomic E-state index is 12.2. The van der Waals surface area contributed by atoms with Crippen LogP contribution in [0.5, 0.6) is 5.75 Å². The van der Waals surface area contributed by atoms with E-state index in [9.17, 15) is 9.90 Å². The predicted octanol–water partition coefficient (Wildman–Crippen LogP) is 3.27. The second kappa shape index (κ2) is 7.46. The van der Waals surface area contributed by atoms with Crippen molar-refractivity contribution in [2.24, 2.45) is 5.92 Å². The average Bonchev–Trinajstić information content (AvgIpc) is 2.88. The molecule has 2 atom stereocenters. The number of nitrogens with one attached hydrogen (secondary N) is 1. The molecule has 21 heavy (non-hydrogen) atoms. The number of benzene rings is 1. The van der Waals surface area contributed by atoms with Crippen molar-refractivity contribution in [3.8, 4) is 5.75 Å². The van der Waals surface area contributed by atoms with Crippen molar-refractivity contribution in [1.29, 1.82) is 0 Å². The molecule has 1 aromatic rings. The summed E-state index contributed by atoms with van der Waals surface area (Å²) < 4.78 is 5.65. The largest absolute Gasteiger partial charge is 0.494 e. The van der Waals surface area contributed by atoms with Crippen LogP contribution in [0.1, 0.15) is 44.6 Å². The average molecular weight is 291 g/mol. The lowest BCUT2D eigenvalue weighted by Crippen LogP contribution is -2.28. The molecule has 116 valence electrons. The maximum atomic E-state index is 12.2. The highest BCUT2D eigenvalue weighted by Gasteiger charge is 2.31. The van der Waals surface area contributed by atoms with Gasteiger partial charge in [-0.25, -0.2) is 0 Å². The van der Waals surface area contributed by atoms with E-state index in [1.165, 1.54) is 0 Å². The fourth-order valence-corrected chi connectivity index (χ4v) is 2.67. The lowest BCUT2D eigenvalue weighted by Gasteiger charge is -2.16. The Balaban J connectivity index is 1.95. The molecule has 1 aromatic carbocycles. The van der Waals surface area contributed by atoms with E-state index in [-0.39, 0.29) is 11.8 Å². The number of ether oxygens (including phenoxy) is 1. The van der Waals surface area contributed by atoms with Crippen LogP contribution < -0.4 is 10.1 Å². The molecule has 1 aliphatic rings. The molecule has 4 heteroatoms. The van der Waals surface area contributed by atoms with Crippen LogP contribution in [0.4, 0.5) is 5.69 Å². The lowest BCUT2D eigenvalue weighted by atomic mass is 10.0. The van der Waals surface area contributed by atoms with Crippen molar-refractivity contribution in [3.05, 3.63) is 23.8 Å². The van der Waals surface area contributed by atoms with E-state index >= 15 is 0 Å². The van der Waals surface area contributed by atoms with Crippen LogP contribution in [-0.2, 0) is 4.79 Å². The van der Waals surface area contributed by atoms with Gasteiger partial charge in [-0.3, -0.25) is 4.79 Å². The molecule has 1 fully saturated rings. The van der Waals surface area contributed by atoms with Crippen molar-refractivity contribution >= 4 is 11.6 Å². The van der Waals surface area contributed by atoms with Gasteiger partial charge in [-0.1, -0.05) is 13.3 Å². The summed E-state index contributed by atoms with van der Waals surface area (Å²) in [6.45, 7) is 4.80. The van der Waals surface area contributed by atoms with E-state index in [2.05, 4.69) is 12.2 Å². The van der Waals surface area contributed by atoms with Crippen LogP contribution in [0.3, 0.4) is 0 Å². The Morgan fingerprint density at radius 3 is 2.86 bits per heavy atom. The Hall–Kier alpha value is -1.55. The Morgan fingerprint density at radius 1 is 1.43 bits per heavy atom. The number of anilines is 1. The standard InChI is InChI=1S/C17H25NO3/c1-3-4-10-21-13-8-9-15(12(2)11-13)18-17(20)14-6-5-7-16(14)19/h8-9,11,14,16,19H,3-7,10H2,1-2H3,(H,18,20). The summed E-state index contributed by atoms with van der Waals surface area (Å²) in [4.78, 5) is 12.2. The zero-order valence-electron chi connectivity index (χ0n) is 12.9. The van der Waals surface area contributed by atoms with Gasteiger partial charge in [0.15, 0.2) is 0 Å². The molecule has 2 N–H and O–H groups in total. The number of aliphatic hydroxyl groups is 1. The molecule has 1 aliphatic carbocycles. The van der Waals surface area contributed by atoms with Crippen molar-refractivity contribution in [2.75, 3.05) is 11.9 Å². The fourth-order valence-electron chi connectivity index (χ4n) is 2.67. The van der Waals surface area contributed by atoms with E-state index in [1.54, 1.807) is 0 Å². The molecule has 0 aromatic heterocycles. The van der Waals surface area contributed by atoms with Gasteiger partial charge in [-0.2, -0.15) is 0 Å². The minimum absolute atomic E-state index is 0.0808. The first kappa shape index (κ1) is 15.8. The van der Waals surface area contributed by atoms with E-state index < -0.39 is 6.10 Å². The first-order chi connectivity index (χ1) is 10.1. The van der Waals surface area contributed by atoms with Gasteiger partial charge >= 0.3 is 0 Å². The van der Waals surface area contributed by atoms with E-state index in [0.717, 1.165) is 55.7 Å². The summed E-state index contributed by atoms with van der Waals surface area (Å²) >= 11 is 0. The Morgan fingerprint density at radius 2 is 2.24 bits per heavy atom. The van der Waals surface area contributed by atoms with E-state index in [0.29, 0.717) is 0 Å². The molecule has 2 unspecified atom stereocenters. The normalized spacial score (nSPS) is 21.3. The van der Waals surface area contributed by atoms with Crippen molar-refractivity contribution in [1.82, 2.24) is 0 Å². The first-order valence-electron chi connectivity index (χ1n) is 7.84. The number of carbonyl (C=O) groups is 1. The van der Waals surface area contributed by atoms with Gasteiger partial charge in [-0.15, -0.1) is 0 Å². The van der Waals surface area contributed by atoms with Gasteiger partial charge in [0.2, 0.25) is 5.91 Å². The zero-order valence-corrected chi connectivity index (χ0v) is 12.9. The monoisotopic (exact) mass is 291 g/mol. The quantitative estimate of drug-likeness (QED) is 0.791. The van der Waals surface area contributed by atoms with E-state index in [1.807, 2.05) is 25.1 Å². The van der Waals surface area contributed by atoms with Gasteiger partial charge < -0.3 is 15.2 Å². The Bertz CT molecular complexity index is 487. The summed E-state index contributed by atoms with van der Waals surface area (Å²) in [5.41, 5.74) is 1.77. The number of aliphatic hydroxyl groups excluding tert-OH is 1. The smallest absolute Gasteiger partial charge is 0.230 e. The molecule has 0 saturated heterocycles. The molecule has 0 heterocycles. The van der Waals surface area contributed by atoms with Crippen LogP contribution in [0.15, 0.2) is 18.2 Å². The third-order valence-corrected chi connectivity index (χ3v) is 4.04. The van der Waals surface area contributed by atoms with Crippen molar-refractivity contribution < 1.29 is 14.6 Å². The number of carbonyl (C=O) groups excluding carboxylic acids is 1. The van der Waals surface area contributed by atoms with Crippen LogP contribution in [0.25, 0.3) is 0 Å². The fraction of sp³-hybridized carbons (Fsp3) is 0.588. The number of hydrogen-bond acceptors (Lipinski definition) is 3. The summed E-state index contributed by atoms with van der Waals surface area (Å²) in [6.07, 6.45) is 4.06. The highest BCUT2D eigenvalue weighted by molar-refractivity contribution is 5.93. The van der Waals surface area contributed by atoms with Crippen LogP contribution in [-0.4, -0.2) is 23.7 Å². The van der Waals surface area contributed by atoms with Gasteiger partial charge in [0.05, 0.1) is 18.6 Å². The summed E-state index contributed by atoms with van der Waals surface area (Å²) in [5, 5.41) is 12.7.